The summed E-state index contributed by atoms with van der Waals surface area (Å²) in [4.78, 5) is 28.3. The van der Waals surface area contributed by atoms with Crippen LogP contribution in [0.25, 0.3) is 22.2 Å². The van der Waals surface area contributed by atoms with Crippen molar-refractivity contribution in [2.45, 2.75) is 19.1 Å². The first-order valence-corrected chi connectivity index (χ1v) is 10.5. The predicted molar refractivity (Wildman–Crippen MR) is 125 cm³/mol. The second kappa shape index (κ2) is 9.38. The van der Waals surface area contributed by atoms with Crippen LogP contribution in [0.2, 0.25) is 0 Å². The second-order valence-corrected chi connectivity index (χ2v) is 7.93. The van der Waals surface area contributed by atoms with Gasteiger partial charge in [0.2, 0.25) is 0 Å². The number of hydrogen-bond acceptors (Lipinski definition) is 7. The summed E-state index contributed by atoms with van der Waals surface area (Å²) in [6, 6.07) is 13.1. The van der Waals surface area contributed by atoms with Gasteiger partial charge in [-0.3, -0.25) is 19.6 Å². The van der Waals surface area contributed by atoms with Crippen LogP contribution in [0.1, 0.15) is 27.7 Å². The minimum absolute atomic E-state index is 0.123. The Morgan fingerprint density at radius 2 is 1.91 bits per heavy atom. The van der Waals surface area contributed by atoms with E-state index in [1.807, 2.05) is 19.2 Å². The van der Waals surface area contributed by atoms with E-state index in [0.717, 1.165) is 11.3 Å². The third-order valence-corrected chi connectivity index (χ3v) is 5.59. The monoisotopic (exact) mass is 461 g/mol. The van der Waals surface area contributed by atoms with E-state index in [1.165, 1.54) is 24.3 Å². The van der Waals surface area contributed by atoms with Gasteiger partial charge < -0.3 is 15.5 Å². The number of carbonyl (C=O) groups excluding carboxylic acids is 1. The summed E-state index contributed by atoms with van der Waals surface area (Å²) in [6.45, 7) is 1.32. The Bertz CT molecular complexity index is 1370. The van der Waals surface area contributed by atoms with E-state index in [4.69, 9.17) is 0 Å². The lowest BCUT2D eigenvalue weighted by Gasteiger charge is -2.23. The molecule has 10 heteroatoms. The fourth-order valence-corrected chi connectivity index (χ4v) is 3.85. The predicted octanol–water partition coefficient (Wildman–Crippen LogP) is 2.68. The largest absolute Gasteiger partial charge is 0.394 e. The molecule has 2 unspecified atom stereocenters. The number of hydrogen-bond donors (Lipinski definition) is 3. The molecule has 0 aliphatic carbocycles. The number of para-hydroxylation sites is 1. The summed E-state index contributed by atoms with van der Waals surface area (Å²) in [5.74, 6) is -0.499. The Balaban J connectivity index is 1.67. The molecule has 3 N–H and O–H groups in total. The third kappa shape index (κ3) is 4.49. The molecule has 2 aromatic heterocycles. The molecule has 0 saturated carbocycles. The first kappa shape index (κ1) is 23.0. The van der Waals surface area contributed by atoms with Crippen molar-refractivity contribution in [3.63, 3.8) is 0 Å². The summed E-state index contributed by atoms with van der Waals surface area (Å²) >= 11 is 0. The second-order valence-electron chi connectivity index (χ2n) is 7.93. The van der Waals surface area contributed by atoms with Gasteiger partial charge in [0.05, 0.1) is 40.0 Å². The lowest BCUT2D eigenvalue weighted by Crippen LogP contribution is -2.42. The van der Waals surface area contributed by atoms with Gasteiger partial charge in [-0.25, -0.2) is 4.98 Å². The van der Waals surface area contributed by atoms with Crippen molar-refractivity contribution in [1.82, 2.24) is 20.1 Å². The lowest BCUT2D eigenvalue weighted by atomic mass is 10.0. The number of aliphatic hydroxyl groups is 2. The molecule has 4 rings (SSSR count). The van der Waals surface area contributed by atoms with Gasteiger partial charge in [0.1, 0.15) is 6.10 Å². The number of nitrogens with one attached hydrogen (secondary N) is 1. The first-order valence-electron chi connectivity index (χ1n) is 10.5. The molecule has 2 aromatic carbocycles. The van der Waals surface area contributed by atoms with Crippen LogP contribution >= 0.6 is 0 Å². The number of aromatic nitrogens is 3. The number of nitro benzene ring substituents is 1. The molecule has 10 nitrogen and oxygen atoms in total. The molecular weight excluding hydrogens is 438 g/mol. The summed E-state index contributed by atoms with van der Waals surface area (Å²) < 4.78 is 1.67. The molecule has 2 atom stereocenters. The molecule has 2 heterocycles. The number of amides is 1. The highest BCUT2D eigenvalue weighted by molar-refractivity contribution is 6.07. The van der Waals surface area contributed by atoms with Gasteiger partial charge in [-0.05, 0) is 36.8 Å². The van der Waals surface area contributed by atoms with Crippen LogP contribution < -0.4 is 5.32 Å². The number of aliphatic hydroxyl groups excluding tert-OH is 2. The summed E-state index contributed by atoms with van der Waals surface area (Å²) in [7, 11) is 1.80. The molecule has 1 amide bonds. The van der Waals surface area contributed by atoms with E-state index in [9.17, 15) is 25.1 Å². The van der Waals surface area contributed by atoms with Gasteiger partial charge in [0.25, 0.3) is 11.6 Å². The maximum atomic E-state index is 13.3. The quantitative estimate of drug-likeness (QED) is 0.283. The van der Waals surface area contributed by atoms with Crippen molar-refractivity contribution in [3.05, 3.63) is 87.7 Å². The van der Waals surface area contributed by atoms with E-state index in [2.05, 4.69) is 15.4 Å². The van der Waals surface area contributed by atoms with E-state index in [0.29, 0.717) is 27.7 Å². The zero-order chi connectivity index (χ0) is 24.4. The molecular formula is C24H23N5O5. The highest BCUT2D eigenvalue weighted by Crippen LogP contribution is 2.27. The van der Waals surface area contributed by atoms with Crippen LogP contribution in [0, 0.1) is 17.0 Å². The Kier molecular flexibility index (Phi) is 6.35. The van der Waals surface area contributed by atoms with E-state index in [-0.39, 0.29) is 5.69 Å². The number of non-ortho nitro benzene ring substituents is 1. The highest BCUT2D eigenvalue weighted by atomic mass is 16.6. The lowest BCUT2D eigenvalue weighted by molar-refractivity contribution is -0.384. The smallest absolute Gasteiger partial charge is 0.269 e. The molecule has 0 saturated heterocycles. The van der Waals surface area contributed by atoms with Crippen molar-refractivity contribution in [1.29, 1.82) is 0 Å². The topological polar surface area (TPSA) is 143 Å². The summed E-state index contributed by atoms with van der Waals surface area (Å²) in [5, 5.41) is 39.1. The van der Waals surface area contributed by atoms with Gasteiger partial charge in [-0.2, -0.15) is 5.10 Å². The Labute approximate surface area is 194 Å². The van der Waals surface area contributed by atoms with Crippen LogP contribution in [-0.2, 0) is 7.05 Å². The van der Waals surface area contributed by atoms with Crippen LogP contribution in [0.15, 0.2) is 60.8 Å². The Morgan fingerprint density at radius 1 is 1.21 bits per heavy atom. The van der Waals surface area contributed by atoms with E-state index < -0.39 is 29.6 Å². The first-order chi connectivity index (χ1) is 16.3. The Morgan fingerprint density at radius 3 is 2.53 bits per heavy atom. The van der Waals surface area contributed by atoms with Gasteiger partial charge >= 0.3 is 0 Å². The van der Waals surface area contributed by atoms with Crippen molar-refractivity contribution in [3.8, 4) is 11.3 Å². The molecule has 0 radical (unpaired) electrons. The zero-order valence-electron chi connectivity index (χ0n) is 18.5. The number of aryl methyl sites for hydroxylation is 2. The highest BCUT2D eigenvalue weighted by Gasteiger charge is 2.25. The zero-order valence-corrected chi connectivity index (χ0v) is 18.5. The number of pyridine rings is 1. The number of nitro groups is 1. The maximum absolute atomic E-state index is 13.3. The van der Waals surface area contributed by atoms with Crippen molar-refractivity contribution in [2.24, 2.45) is 7.05 Å². The average Bonchev–Trinajstić information content (AvgIpc) is 3.18. The van der Waals surface area contributed by atoms with E-state index in [1.54, 1.807) is 36.0 Å². The molecule has 34 heavy (non-hydrogen) atoms. The van der Waals surface area contributed by atoms with Crippen LogP contribution in [0.4, 0.5) is 5.69 Å². The van der Waals surface area contributed by atoms with Crippen molar-refractivity contribution < 1.29 is 19.9 Å². The number of carbonyl (C=O) groups is 1. The third-order valence-electron chi connectivity index (χ3n) is 5.59. The SMILES string of the molecule is Cc1nn(C)cc1-c1cc(C(=O)NC(CO)C(O)c2ccc([N+](=O)[O-])cc2)c2ccccc2n1. The van der Waals surface area contributed by atoms with Crippen LogP contribution in [0.3, 0.4) is 0 Å². The number of fused-ring (bicyclic) bond motifs is 1. The standard InChI is InChI=1S/C24H23N5O5/c1-14-19(12-28(2)27-14)21-11-18(17-5-3-4-6-20(17)25-21)24(32)26-22(13-30)23(31)15-7-9-16(10-8-15)29(33)34/h3-12,22-23,30-31H,13H2,1-2H3,(H,26,32). The summed E-state index contributed by atoms with van der Waals surface area (Å²) in [5.41, 5.74) is 3.28. The fraction of sp³-hybridized carbons (Fsp3) is 0.208. The van der Waals surface area contributed by atoms with Gasteiger partial charge in [0, 0.05) is 36.3 Å². The number of benzene rings is 2. The normalized spacial score (nSPS) is 12.9. The number of rotatable bonds is 7. The molecule has 4 aromatic rings. The van der Waals surface area contributed by atoms with Crippen LogP contribution in [0.5, 0.6) is 0 Å². The van der Waals surface area contributed by atoms with Gasteiger partial charge in [0.15, 0.2) is 0 Å². The molecule has 0 spiro atoms. The Hall–Kier alpha value is -4.15. The molecule has 174 valence electrons. The average molecular weight is 461 g/mol. The van der Waals surface area contributed by atoms with Crippen molar-refractivity contribution >= 4 is 22.5 Å². The van der Waals surface area contributed by atoms with E-state index >= 15 is 0 Å². The molecule has 0 fully saturated rings. The summed E-state index contributed by atoms with van der Waals surface area (Å²) in [6.07, 6.45) is 0.547. The van der Waals surface area contributed by atoms with Gasteiger partial charge in [-0.15, -0.1) is 0 Å². The molecule has 0 bridgehead atoms. The van der Waals surface area contributed by atoms with Crippen molar-refractivity contribution in [2.75, 3.05) is 6.61 Å². The fourth-order valence-electron chi connectivity index (χ4n) is 3.85. The minimum Gasteiger partial charge on any atom is -0.394 e. The number of nitrogens with zero attached hydrogens (tertiary/aromatic N) is 4. The minimum atomic E-state index is -1.28. The maximum Gasteiger partial charge on any atom is 0.269 e. The molecule has 0 aliphatic heterocycles. The van der Waals surface area contributed by atoms with Gasteiger partial charge in [-0.1, -0.05) is 18.2 Å². The molecule has 0 aliphatic rings. The van der Waals surface area contributed by atoms with Crippen LogP contribution in [-0.4, -0.2) is 48.5 Å².